The van der Waals surface area contributed by atoms with Gasteiger partial charge >= 0.3 is 0 Å². The molecule has 0 aliphatic heterocycles. The Hall–Kier alpha value is -1.49. The number of aliphatic hydroxyl groups excluding tert-OH is 1. The molecule has 0 saturated carbocycles. The van der Waals surface area contributed by atoms with E-state index in [1.54, 1.807) is 18.2 Å². The Morgan fingerprint density at radius 3 is 2.71 bits per heavy atom. The van der Waals surface area contributed by atoms with Crippen LogP contribution in [0.5, 0.6) is 11.6 Å². The molecule has 0 amide bonds. The molecule has 1 aromatic heterocycles. The lowest BCUT2D eigenvalue weighted by molar-refractivity contribution is 0.276. The highest BCUT2D eigenvalue weighted by Gasteiger charge is 2.12. The van der Waals surface area contributed by atoms with Gasteiger partial charge in [0.05, 0.1) is 11.6 Å². The van der Waals surface area contributed by atoms with E-state index in [0.29, 0.717) is 27.2 Å². The van der Waals surface area contributed by atoms with Crippen LogP contribution in [-0.4, -0.2) is 16.6 Å². The third-order valence-electron chi connectivity index (χ3n) is 2.79. The molecule has 21 heavy (non-hydrogen) atoms. The number of para-hydroxylation sites is 1. The third kappa shape index (κ3) is 4.00. The first-order valence-corrected chi connectivity index (χ1v) is 7.37. The Morgan fingerprint density at radius 1 is 1.24 bits per heavy atom. The van der Waals surface area contributed by atoms with E-state index >= 15 is 0 Å². The van der Waals surface area contributed by atoms with Gasteiger partial charge in [0.25, 0.3) is 0 Å². The van der Waals surface area contributed by atoms with Gasteiger partial charge in [-0.3, -0.25) is 0 Å². The second kappa shape index (κ2) is 7.50. The maximum absolute atomic E-state index is 9.31. The molecule has 6 heteroatoms. The molecule has 0 aliphatic rings. The van der Waals surface area contributed by atoms with Crippen molar-refractivity contribution in [2.45, 2.75) is 20.0 Å². The number of hydrogen-bond donors (Lipinski definition) is 2. The molecule has 0 fully saturated rings. The number of hydrogen-bond acceptors (Lipinski definition) is 4. The van der Waals surface area contributed by atoms with E-state index in [9.17, 15) is 5.11 Å². The molecule has 0 atom stereocenters. The van der Waals surface area contributed by atoms with E-state index in [2.05, 4.69) is 10.3 Å². The Balaban J connectivity index is 2.30. The van der Waals surface area contributed by atoms with Crippen molar-refractivity contribution < 1.29 is 9.84 Å². The molecule has 0 radical (unpaired) electrons. The Bertz CT molecular complexity index is 621. The quantitative estimate of drug-likeness (QED) is 0.820. The fraction of sp³-hybridized carbons (Fsp3) is 0.267. The van der Waals surface area contributed by atoms with Crippen LogP contribution in [0, 0.1) is 0 Å². The van der Waals surface area contributed by atoms with Crippen molar-refractivity contribution in [2.24, 2.45) is 0 Å². The topological polar surface area (TPSA) is 54.4 Å². The number of nitrogens with one attached hydrogen (secondary N) is 1. The average Bonchev–Trinajstić information content (AvgIpc) is 2.49. The van der Waals surface area contributed by atoms with E-state index in [0.717, 1.165) is 13.0 Å². The molecule has 4 nitrogen and oxygen atoms in total. The molecule has 0 unspecified atom stereocenters. The highest BCUT2D eigenvalue weighted by molar-refractivity contribution is 6.36. The Kier molecular flexibility index (Phi) is 5.67. The molecule has 1 aromatic carbocycles. The lowest BCUT2D eigenvalue weighted by Gasteiger charge is -2.13. The summed E-state index contributed by atoms with van der Waals surface area (Å²) in [5.41, 5.74) is 0.661. The normalized spacial score (nSPS) is 10.5. The minimum absolute atomic E-state index is 0.123. The number of pyridine rings is 1. The van der Waals surface area contributed by atoms with Crippen molar-refractivity contribution in [3.8, 4) is 11.6 Å². The van der Waals surface area contributed by atoms with Crippen molar-refractivity contribution in [3.63, 3.8) is 0 Å². The number of halogens is 2. The molecule has 2 aromatic rings. The summed E-state index contributed by atoms with van der Waals surface area (Å²) in [6.45, 7) is 2.68. The van der Waals surface area contributed by atoms with Crippen LogP contribution in [-0.2, 0) is 6.61 Å². The summed E-state index contributed by atoms with van der Waals surface area (Å²) in [6, 6.07) is 8.75. The minimum atomic E-state index is -0.123. The SMILES string of the molecule is CCCNc1nc(Oc2ccccc2CO)c(Cl)cc1Cl. The molecule has 2 N–H and O–H groups in total. The second-order valence-electron chi connectivity index (χ2n) is 4.40. The minimum Gasteiger partial charge on any atom is -0.437 e. The summed E-state index contributed by atoms with van der Waals surface area (Å²) < 4.78 is 5.71. The van der Waals surface area contributed by atoms with Crippen LogP contribution in [0.15, 0.2) is 30.3 Å². The van der Waals surface area contributed by atoms with Crippen LogP contribution in [0.2, 0.25) is 10.0 Å². The summed E-state index contributed by atoms with van der Waals surface area (Å²) >= 11 is 12.2. The molecule has 0 bridgehead atoms. The number of ether oxygens (including phenoxy) is 1. The second-order valence-corrected chi connectivity index (χ2v) is 5.21. The van der Waals surface area contributed by atoms with Gasteiger partial charge in [-0.05, 0) is 18.6 Å². The number of rotatable bonds is 6. The van der Waals surface area contributed by atoms with Gasteiger partial charge in [-0.2, -0.15) is 4.98 Å². The predicted octanol–water partition coefficient (Wildman–Crippen LogP) is 4.49. The van der Waals surface area contributed by atoms with Crippen molar-refractivity contribution in [3.05, 3.63) is 45.9 Å². The molecule has 0 saturated heterocycles. The molecule has 2 rings (SSSR count). The lowest BCUT2D eigenvalue weighted by atomic mass is 10.2. The van der Waals surface area contributed by atoms with Gasteiger partial charge in [-0.15, -0.1) is 0 Å². The predicted molar refractivity (Wildman–Crippen MR) is 85.5 cm³/mol. The smallest absolute Gasteiger partial charge is 0.240 e. The zero-order valence-corrected chi connectivity index (χ0v) is 13.1. The summed E-state index contributed by atoms with van der Waals surface area (Å²) in [6.07, 6.45) is 0.949. The molecule has 1 heterocycles. The lowest BCUT2D eigenvalue weighted by Crippen LogP contribution is -2.04. The van der Waals surface area contributed by atoms with E-state index < -0.39 is 0 Å². The van der Waals surface area contributed by atoms with Crippen LogP contribution in [0.4, 0.5) is 5.82 Å². The first-order chi connectivity index (χ1) is 10.2. The van der Waals surface area contributed by atoms with Gasteiger partial charge < -0.3 is 15.2 Å². The maximum Gasteiger partial charge on any atom is 0.240 e. The largest absolute Gasteiger partial charge is 0.437 e. The van der Waals surface area contributed by atoms with E-state index in [1.807, 2.05) is 19.1 Å². The van der Waals surface area contributed by atoms with Gasteiger partial charge in [0.1, 0.15) is 16.6 Å². The van der Waals surface area contributed by atoms with Crippen LogP contribution in [0.1, 0.15) is 18.9 Å². The fourth-order valence-electron chi connectivity index (χ4n) is 1.73. The molecular weight excluding hydrogens is 311 g/mol. The van der Waals surface area contributed by atoms with Gasteiger partial charge in [-0.1, -0.05) is 48.3 Å². The van der Waals surface area contributed by atoms with Gasteiger partial charge in [0.15, 0.2) is 0 Å². The Labute approximate surface area is 133 Å². The summed E-state index contributed by atoms with van der Waals surface area (Å²) in [7, 11) is 0. The van der Waals surface area contributed by atoms with Gasteiger partial charge in [0.2, 0.25) is 5.88 Å². The van der Waals surface area contributed by atoms with E-state index in [4.69, 9.17) is 27.9 Å². The van der Waals surface area contributed by atoms with E-state index in [1.165, 1.54) is 0 Å². The third-order valence-corrected chi connectivity index (χ3v) is 3.35. The van der Waals surface area contributed by atoms with Gasteiger partial charge in [-0.25, -0.2) is 0 Å². The first kappa shape index (κ1) is 15.9. The summed E-state index contributed by atoms with van der Waals surface area (Å²) in [5.74, 6) is 1.29. The summed E-state index contributed by atoms with van der Waals surface area (Å²) in [4.78, 5) is 4.30. The van der Waals surface area contributed by atoms with Crippen molar-refractivity contribution >= 4 is 29.0 Å². The monoisotopic (exact) mass is 326 g/mol. The fourth-order valence-corrected chi connectivity index (χ4v) is 2.19. The zero-order valence-electron chi connectivity index (χ0n) is 11.6. The molecular formula is C15H16Cl2N2O2. The van der Waals surface area contributed by atoms with Crippen LogP contribution in [0.3, 0.4) is 0 Å². The van der Waals surface area contributed by atoms with Gasteiger partial charge in [0, 0.05) is 12.1 Å². The number of nitrogens with zero attached hydrogens (tertiary/aromatic N) is 1. The molecule has 0 spiro atoms. The van der Waals surface area contributed by atoms with Crippen molar-refractivity contribution in [1.82, 2.24) is 4.98 Å². The Morgan fingerprint density at radius 2 is 2.00 bits per heavy atom. The number of anilines is 1. The van der Waals surface area contributed by atoms with E-state index in [-0.39, 0.29) is 12.5 Å². The number of aromatic nitrogens is 1. The zero-order chi connectivity index (χ0) is 15.2. The summed E-state index contributed by atoms with van der Waals surface area (Å²) in [5, 5.41) is 13.2. The van der Waals surface area contributed by atoms with Crippen LogP contribution in [0.25, 0.3) is 0 Å². The number of aliphatic hydroxyl groups is 1. The van der Waals surface area contributed by atoms with Crippen molar-refractivity contribution in [2.75, 3.05) is 11.9 Å². The highest BCUT2D eigenvalue weighted by atomic mass is 35.5. The van der Waals surface area contributed by atoms with Crippen LogP contribution >= 0.6 is 23.2 Å². The van der Waals surface area contributed by atoms with Crippen molar-refractivity contribution in [1.29, 1.82) is 0 Å². The number of benzene rings is 1. The maximum atomic E-state index is 9.31. The highest BCUT2D eigenvalue weighted by Crippen LogP contribution is 2.34. The molecule has 112 valence electrons. The average molecular weight is 327 g/mol. The standard InChI is InChI=1S/C15H16Cl2N2O2/c1-2-7-18-14-11(16)8-12(17)15(19-14)21-13-6-4-3-5-10(13)9-20/h3-6,8,20H,2,7,9H2,1H3,(H,18,19). The molecule has 0 aliphatic carbocycles. The van der Waals surface area contributed by atoms with Crippen LogP contribution < -0.4 is 10.1 Å². The first-order valence-electron chi connectivity index (χ1n) is 6.62.